The lowest BCUT2D eigenvalue weighted by Crippen LogP contribution is -2.32. The Morgan fingerprint density at radius 1 is 1.62 bits per heavy atom. The predicted octanol–water partition coefficient (Wildman–Crippen LogP) is 0.759. The van der Waals surface area contributed by atoms with Crippen molar-refractivity contribution < 1.29 is 9.84 Å². The molecule has 78 valence electrons. The molecule has 0 spiro atoms. The summed E-state index contributed by atoms with van der Waals surface area (Å²) in [5.74, 6) is 0.994. The van der Waals surface area contributed by atoms with E-state index < -0.39 is 0 Å². The summed E-state index contributed by atoms with van der Waals surface area (Å²) >= 11 is 0. The van der Waals surface area contributed by atoms with Crippen molar-refractivity contribution in [2.24, 2.45) is 17.6 Å². The molecule has 0 saturated carbocycles. The minimum atomic E-state index is -0.240. The van der Waals surface area contributed by atoms with Crippen LogP contribution in [-0.2, 0) is 4.74 Å². The average Bonchev–Trinajstić information content (AvgIpc) is 2.15. The Morgan fingerprint density at radius 2 is 2.38 bits per heavy atom. The van der Waals surface area contributed by atoms with Crippen LogP contribution in [0.3, 0.4) is 0 Å². The number of hydrogen-bond donors (Lipinski definition) is 2. The highest BCUT2D eigenvalue weighted by atomic mass is 16.5. The molecule has 1 rings (SSSR count). The molecule has 0 aromatic carbocycles. The van der Waals surface area contributed by atoms with Gasteiger partial charge in [-0.15, -0.1) is 0 Å². The van der Waals surface area contributed by atoms with Crippen LogP contribution in [0.4, 0.5) is 0 Å². The molecule has 0 amide bonds. The van der Waals surface area contributed by atoms with Gasteiger partial charge in [0.1, 0.15) is 0 Å². The van der Waals surface area contributed by atoms with E-state index in [4.69, 9.17) is 10.5 Å². The van der Waals surface area contributed by atoms with Crippen molar-refractivity contribution in [1.82, 2.24) is 0 Å². The first-order chi connectivity index (χ1) is 6.24. The summed E-state index contributed by atoms with van der Waals surface area (Å²) in [4.78, 5) is 0. The molecule has 1 saturated heterocycles. The molecule has 3 unspecified atom stereocenters. The fourth-order valence-electron chi connectivity index (χ4n) is 2.06. The van der Waals surface area contributed by atoms with Gasteiger partial charge in [0.05, 0.1) is 6.10 Å². The zero-order valence-electron chi connectivity index (χ0n) is 8.41. The van der Waals surface area contributed by atoms with Crippen LogP contribution in [0.25, 0.3) is 0 Å². The molecule has 0 aliphatic carbocycles. The lowest BCUT2D eigenvalue weighted by molar-refractivity contribution is 0.0206. The number of ether oxygens (including phenoxy) is 1. The molecule has 0 aromatic heterocycles. The lowest BCUT2D eigenvalue weighted by Gasteiger charge is -2.30. The molecule has 3 nitrogen and oxygen atoms in total. The lowest BCUT2D eigenvalue weighted by atomic mass is 9.84. The third kappa shape index (κ3) is 3.63. The molecule has 0 aromatic rings. The first-order valence-corrected chi connectivity index (χ1v) is 5.20. The van der Waals surface area contributed by atoms with Gasteiger partial charge in [0.25, 0.3) is 0 Å². The summed E-state index contributed by atoms with van der Waals surface area (Å²) in [6, 6.07) is 0. The van der Waals surface area contributed by atoms with Gasteiger partial charge in [-0.1, -0.05) is 0 Å². The molecule has 3 N–H and O–H groups in total. The van der Waals surface area contributed by atoms with Gasteiger partial charge in [-0.2, -0.15) is 0 Å². The Hall–Kier alpha value is -0.120. The Bertz CT molecular complexity index is 133. The van der Waals surface area contributed by atoms with Crippen LogP contribution in [0, 0.1) is 11.8 Å². The number of aliphatic hydroxyl groups excluding tert-OH is 1. The van der Waals surface area contributed by atoms with Crippen molar-refractivity contribution in [3.8, 4) is 0 Å². The van der Waals surface area contributed by atoms with Crippen LogP contribution in [0.1, 0.15) is 26.2 Å². The fraction of sp³-hybridized carbons (Fsp3) is 1.00. The molecule has 3 atom stereocenters. The topological polar surface area (TPSA) is 55.5 Å². The van der Waals surface area contributed by atoms with Crippen molar-refractivity contribution in [1.29, 1.82) is 0 Å². The summed E-state index contributed by atoms with van der Waals surface area (Å²) in [7, 11) is 0. The Labute approximate surface area is 80.3 Å². The summed E-state index contributed by atoms with van der Waals surface area (Å²) in [6.45, 7) is 4.21. The highest BCUT2D eigenvalue weighted by Crippen LogP contribution is 2.25. The average molecular weight is 187 g/mol. The van der Waals surface area contributed by atoms with Gasteiger partial charge in [0.15, 0.2) is 0 Å². The van der Waals surface area contributed by atoms with E-state index in [1.165, 1.54) is 6.42 Å². The molecule has 0 radical (unpaired) electrons. The van der Waals surface area contributed by atoms with E-state index in [-0.39, 0.29) is 6.10 Å². The van der Waals surface area contributed by atoms with E-state index in [1.54, 1.807) is 0 Å². The molecule has 1 aliphatic heterocycles. The number of aliphatic hydroxyl groups is 1. The van der Waals surface area contributed by atoms with Gasteiger partial charge in [0, 0.05) is 13.2 Å². The summed E-state index contributed by atoms with van der Waals surface area (Å²) in [5, 5.41) is 9.29. The standard InChI is InChI=1S/C10H21NO2/c1-8(12)5-10(6-11)9-3-2-4-13-7-9/h8-10,12H,2-7,11H2,1H3. The second-order valence-corrected chi connectivity index (χ2v) is 4.06. The number of rotatable bonds is 4. The number of nitrogens with two attached hydrogens (primary N) is 1. The van der Waals surface area contributed by atoms with E-state index in [2.05, 4.69) is 0 Å². The Kier molecular flexibility index (Phi) is 4.70. The third-order valence-corrected chi connectivity index (χ3v) is 2.81. The molecular weight excluding hydrogens is 166 g/mol. The second kappa shape index (κ2) is 5.58. The highest BCUT2D eigenvalue weighted by Gasteiger charge is 2.23. The maximum atomic E-state index is 9.29. The zero-order valence-corrected chi connectivity index (χ0v) is 8.41. The Balaban J connectivity index is 2.34. The molecule has 0 bridgehead atoms. The fourth-order valence-corrected chi connectivity index (χ4v) is 2.06. The predicted molar refractivity (Wildman–Crippen MR) is 52.4 cm³/mol. The van der Waals surface area contributed by atoms with Crippen LogP contribution < -0.4 is 5.73 Å². The van der Waals surface area contributed by atoms with Crippen LogP contribution >= 0.6 is 0 Å². The van der Waals surface area contributed by atoms with Crippen molar-refractivity contribution >= 4 is 0 Å². The van der Waals surface area contributed by atoms with Crippen LogP contribution in [0.5, 0.6) is 0 Å². The van der Waals surface area contributed by atoms with Gasteiger partial charge in [-0.05, 0) is 44.6 Å². The first-order valence-electron chi connectivity index (χ1n) is 5.20. The van der Waals surface area contributed by atoms with Crippen LogP contribution in [-0.4, -0.2) is 31.0 Å². The van der Waals surface area contributed by atoms with Crippen molar-refractivity contribution in [3.63, 3.8) is 0 Å². The second-order valence-electron chi connectivity index (χ2n) is 4.06. The minimum Gasteiger partial charge on any atom is -0.393 e. The maximum absolute atomic E-state index is 9.29. The third-order valence-electron chi connectivity index (χ3n) is 2.81. The zero-order chi connectivity index (χ0) is 9.68. The van der Waals surface area contributed by atoms with Gasteiger partial charge in [0.2, 0.25) is 0 Å². The smallest absolute Gasteiger partial charge is 0.0515 e. The summed E-state index contributed by atoms with van der Waals surface area (Å²) < 4.78 is 5.41. The van der Waals surface area contributed by atoms with Crippen molar-refractivity contribution in [2.45, 2.75) is 32.3 Å². The molecule has 13 heavy (non-hydrogen) atoms. The van der Waals surface area contributed by atoms with E-state index >= 15 is 0 Å². The van der Waals surface area contributed by atoms with Crippen LogP contribution in [0.2, 0.25) is 0 Å². The normalized spacial score (nSPS) is 28.4. The van der Waals surface area contributed by atoms with Crippen molar-refractivity contribution in [2.75, 3.05) is 19.8 Å². The van der Waals surface area contributed by atoms with Gasteiger partial charge >= 0.3 is 0 Å². The molecule has 1 heterocycles. The first kappa shape index (κ1) is 11.0. The van der Waals surface area contributed by atoms with Gasteiger partial charge in [-0.25, -0.2) is 0 Å². The molecular formula is C10H21NO2. The SMILES string of the molecule is CC(O)CC(CN)C1CCCOC1. The van der Waals surface area contributed by atoms with E-state index in [0.29, 0.717) is 18.4 Å². The van der Waals surface area contributed by atoms with Gasteiger partial charge < -0.3 is 15.6 Å². The molecule has 1 aliphatic rings. The quantitative estimate of drug-likeness (QED) is 0.683. The summed E-state index contributed by atoms with van der Waals surface area (Å²) in [5.41, 5.74) is 5.69. The Morgan fingerprint density at radius 3 is 2.85 bits per heavy atom. The molecule has 1 fully saturated rings. The minimum absolute atomic E-state index is 0.240. The summed E-state index contributed by atoms with van der Waals surface area (Å²) in [6.07, 6.45) is 2.91. The van der Waals surface area contributed by atoms with E-state index in [1.807, 2.05) is 6.92 Å². The largest absolute Gasteiger partial charge is 0.393 e. The monoisotopic (exact) mass is 187 g/mol. The van der Waals surface area contributed by atoms with Gasteiger partial charge in [-0.3, -0.25) is 0 Å². The van der Waals surface area contributed by atoms with Crippen molar-refractivity contribution in [3.05, 3.63) is 0 Å². The van der Waals surface area contributed by atoms with E-state index in [0.717, 1.165) is 26.1 Å². The number of hydrogen-bond acceptors (Lipinski definition) is 3. The highest BCUT2D eigenvalue weighted by molar-refractivity contribution is 4.75. The maximum Gasteiger partial charge on any atom is 0.0515 e. The van der Waals surface area contributed by atoms with Crippen LogP contribution in [0.15, 0.2) is 0 Å². The molecule has 3 heteroatoms. The van der Waals surface area contributed by atoms with E-state index in [9.17, 15) is 5.11 Å².